The molecule has 0 aliphatic carbocycles. The molecule has 0 atom stereocenters. The molecule has 0 bridgehead atoms. The van der Waals surface area contributed by atoms with E-state index in [1.54, 1.807) is 0 Å². The summed E-state index contributed by atoms with van der Waals surface area (Å²) in [5.41, 5.74) is 7.72. The Labute approximate surface area is 121 Å². The summed E-state index contributed by atoms with van der Waals surface area (Å²) in [6.07, 6.45) is 0.695. The van der Waals surface area contributed by atoms with Crippen molar-refractivity contribution in [3.8, 4) is 0 Å². The Bertz CT molecular complexity index is 614. The van der Waals surface area contributed by atoms with Gasteiger partial charge in [-0.3, -0.25) is 4.79 Å². The highest BCUT2D eigenvalue weighted by Crippen LogP contribution is 2.15. The summed E-state index contributed by atoms with van der Waals surface area (Å²) in [6.45, 7) is 0.484. The zero-order chi connectivity index (χ0) is 14.5. The first-order valence-corrected chi connectivity index (χ1v) is 6.52. The summed E-state index contributed by atoms with van der Waals surface area (Å²) in [6, 6.07) is 11.4. The van der Waals surface area contributed by atoms with Crippen molar-refractivity contribution < 1.29 is 9.18 Å². The normalized spacial score (nSPS) is 10.3. The molecule has 0 saturated heterocycles. The Morgan fingerprint density at radius 3 is 2.55 bits per heavy atom. The summed E-state index contributed by atoms with van der Waals surface area (Å²) in [5.74, 6) is -0.813. The van der Waals surface area contributed by atoms with Gasteiger partial charge in [-0.15, -0.1) is 0 Å². The van der Waals surface area contributed by atoms with E-state index in [9.17, 15) is 9.18 Å². The third kappa shape index (κ3) is 3.71. The molecule has 1 amide bonds. The number of halogens is 2. The first-order valence-electron chi connectivity index (χ1n) is 6.14. The monoisotopic (exact) mass is 292 g/mol. The van der Waals surface area contributed by atoms with Crippen LogP contribution in [0.3, 0.4) is 0 Å². The van der Waals surface area contributed by atoms with Gasteiger partial charge in [0.1, 0.15) is 5.82 Å². The van der Waals surface area contributed by atoms with E-state index in [0.29, 0.717) is 24.2 Å². The van der Waals surface area contributed by atoms with E-state index in [4.69, 9.17) is 17.3 Å². The van der Waals surface area contributed by atoms with Crippen LogP contribution >= 0.6 is 11.6 Å². The van der Waals surface area contributed by atoms with E-state index in [1.807, 2.05) is 24.3 Å². The fraction of sp³-hybridized carbons (Fsp3) is 0.133. The zero-order valence-corrected chi connectivity index (χ0v) is 11.5. The zero-order valence-electron chi connectivity index (χ0n) is 10.7. The minimum atomic E-state index is -0.537. The quantitative estimate of drug-likeness (QED) is 0.851. The molecule has 0 heterocycles. The second kappa shape index (κ2) is 6.39. The summed E-state index contributed by atoms with van der Waals surface area (Å²) >= 11 is 5.64. The van der Waals surface area contributed by atoms with Crippen LogP contribution in [0.5, 0.6) is 0 Å². The second-order valence-corrected chi connectivity index (χ2v) is 4.78. The molecule has 104 valence electrons. The number of hydrogen-bond acceptors (Lipinski definition) is 2. The molecule has 0 unspecified atom stereocenters. The minimum Gasteiger partial charge on any atom is -0.399 e. The van der Waals surface area contributed by atoms with Gasteiger partial charge >= 0.3 is 0 Å². The van der Waals surface area contributed by atoms with Gasteiger partial charge in [0.2, 0.25) is 0 Å². The van der Waals surface area contributed by atoms with Crippen molar-refractivity contribution in [3.05, 3.63) is 64.4 Å². The van der Waals surface area contributed by atoms with E-state index in [1.165, 1.54) is 18.2 Å². The van der Waals surface area contributed by atoms with Crippen LogP contribution in [0.2, 0.25) is 5.02 Å². The lowest BCUT2D eigenvalue weighted by Gasteiger charge is -2.06. The molecule has 3 nitrogen and oxygen atoms in total. The van der Waals surface area contributed by atoms with Crippen molar-refractivity contribution in [2.45, 2.75) is 6.42 Å². The van der Waals surface area contributed by atoms with Crippen molar-refractivity contribution in [1.82, 2.24) is 5.32 Å². The molecule has 0 aromatic heterocycles. The maximum Gasteiger partial charge on any atom is 0.251 e. The number of amides is 1. The van der Waals surface area contributed by atoms with E-state index in [-0.39, 0.29) is 10.9 Å². The Morgan fingerprint density at radius 2 is 1.90 bits per heavy atom. The maximum absolute atomic E-state index is 13.0. The first-order chi connectivity index (χ1) is 9.56. The molecule has 0 aliphatic heterocycles. The third-order valence-electron chi connectivity index (χ3n) is 2.86. The predicted molar refractivity (Wildman–Crippen MR) is 78.3 cm³/mol. The fourth-order valence-electron chi connectivity index (χ4n) is 1.74. The van der Waals surface area contributed by atoms with Gasteiger partial charge in [-0.25, -0.2) is 4.39 Å². The van der Waals surface area contributed by atoms with Gasteiger partial charge in [0.05, 0.1) is 5.02 Å². The number of carbonyl (C=O) groups excluding carboxylic acids is 1. The number of hydrogen-bond donors (Lipinski definition) is 2. The molecule has 0 aliphatic rings. The average Bonchev–Trinajstić information content (AvgIpc) is 2.44. The summed E-state index contributed by atoms with van der Waals surface area (Å²) in [7, 11) is 0. The van der Waals surface area contributed by atoms with E-state index in [2.05, 4.69) is 5.32 Å². The van der Waals surface area contributed by atoms with Crippen LogP contribution in [0, 0.1) is 5.82 Å². The molecule has 0 saturated carbocycles. The van der Waals surface area contributed by atoms with Crippen LogP contribution in [-0.4, -0.2) is 12.5 Å². The predicted octanol–water partition coefficient (Wildman–Crippen LogP) is 3.03. The number of nitrogen functional groups attached to an aromatic ring is 1. The van der Waals surface area contributed by atoms with Gasteiger partial charge in [-0.1, -0.05) is 23.7 Å². The van der Waals surface area contributed by atoms with Gasteiger partial charge in [0.25, 0.3) is 5.91 Å². The number of nitrogens with two attached hydrogens (primary N) is 1. The Hall–Kier alpha value is -2.07. The molecular weight excluding hydrogens is 279 g/mol. The van der Waals surface area contributed by atoms with Crippen molar-refractivity contribution in [2.24, 2.45) is 0 Å². The molecule has 2 aromatic rings. The summed E-state index contributed by atoms with van der Waals surface area (Å²) < 4.78 is 13.0. The van der Waals surface area contributed by atoms with E-state index < -0.39 is 5.82 Å². The molecule has 3 N–H and O–H groups in total. The number of anilines is 1. The average molecular weight is 293 g/mol. The van der Waals surface area contributed by atoms with Gasteiger partial charge in [0, 0.05) is 17.8 Å². The molecule has 0 fully saturated rings. The van der Waals surface area contributed by atoms with Crippen molar-refractivity contribution in [2.75, 3.05) is 12.3 Å². The summed E-state index contributed by atoms with van der Waals surface area (Å²) in [5, 5.41) is 2.70. The number of carbonyl (C=O) groups is 1. The van der Waals surface area contributed by atoms with Crippen molar-refractivity contribution in [3.63, 3.8) is 0 Å². The largest absolute Gasteiger partial charge is 0.399 e. The van der Waals surface area contributed by atoms with Crippen molar-refractivity contribution in [1.29, 1.82) is 0 Å². The molecule has 5 heteroatoms. The molecule has 2 rings (SSSR count). The third-order valence-corrected chi connectivity index (χ3v) is 3.15. The molecule has 0 radical (unpaired) electrons. The number of nitrogens with one attached hydrogen (secondary N) is 1. The van der Waals surface area contributed by atoms with E-state index in [0.717, 1.165) is 5.56 Å². The topological polar surface area (TPSA) is 55.1 Å². The first kappa shape index (κ1) is 14.3. The highest BCUT2D eigenvalue weighted by molar-refractivity contribution is 6.31. The van der Waals surface area contributed by atoms with Crippen LogP contribution in [-0.2, 0) is 6.42 Å². The van der Waals surface area contributed by atoms with Crippen LogP contribution in [0.25, 0.3) is 0 Å². The Morgan fingerprint density at radius 1 is 1.20 bits per heavy atom. The maximum atomic E-state index is 13.0. The number of rotatable bonds is 4. The standard InChI is InChI=1S/C15H14ClFN2O/c16-13-9-11(3-6-14(13)17)15(20)19-8-7-10-1-4-12(18)5-2-10/h1-6,9H,7-8,18H2,(H,19,20). The Kier molecular flexibility index (Phi) is 4.58. The lowest BCUT2D eigenvalue weighted by atomic mass is 10.1. The van der Waals surface area contributed by atoms with Crippen LogP contribution in [0.1, 0.15) is 15.9 Å². The smallest absolute Gasteiger partial charge is 0.251 e. The van der Waals surface area contributed by atoms with Crippen LogP contribution in [0.15, 0.2) is 42.5 Å². The lowest BCUT2D eigenvalue weighted by Crippen LogP contribution is -2.25. The Balaban J connectivity index is 1.88. The van der Waals surface area contributed by atoms with Gasteiger partial charge in [0.15, 0.2) is 0 Å². The van der Waals surface area contributed by atoms with Gasteiger partial charge in [-0.2, -0.15) is 0 Å². The summed E-state index contributed by atoms with van der Waals surface area (Å²) in [4.78, 5) is 11.8. The minimum absolute atomic E-state index is 0.0591. The molecular formula is C15H14ClFN2O. The highest BCUT2D eigenvalue weighted by Gasteiger charge is 2.08. The van der Waals surface area contributed by atoms with Crippen LogP contribution < -0.4 is 11.1 Å². The number of benzene rings is 2. The SMILES string of the molecule is Nc1ccc(CCNC(=O)c2ccc(F)c(Cl)c2)cc1. The molecule has 2 aromatic carbocycles. The second-order valence-electron chi connectivity index (χ2n) is 4.38. The van der Waals surface area contributed by atoms with Gasteiger partial charge in [-0.05, 0) is 42.3 Å². The van der Waals surface area contributed by atoms with Crippen molar-refractivity contribution >= 4 is 23.2 Å². The van der Waals surface area contributed by atoms with Crippen LogP contribution in [0.4, 0.5) is 10.1 Å². The fourth-order valence-corrected chi connectivity index (χ4v) is 1.92. The lowest BCUT2D eigenvalue weighted by molar-refractivity contribution is 0.0954. The van der Waals surface area contributed by atoms with Gasteiger partial charge < -0.3 is 11.1 Å². The molecule has 20 heavy (non-hydrogen) atoms. The van der Waals surface area contributed by atoms with E-state index >= 15 is 0 Å². The highest BCUT2D eigenvalue weighted by atomic mass is 35.5. The molecule has 0 spiro atoms.